The van der Waals surface area contributed by atoms with Crippen molar-refractivity contribution in [2.45, 2.75) is 13.8 Å². The summed E-state index contributed by atoms with van der Waals surface area (Å²) in [5, 5.41) is 2.76. The van der Waals surface area contributed by atoms with E-state index in [2.05, 4.69) is 37.9 Å². The summed E-state index contributed by atoms with van der Waals surface area (Å²) < 4.78 is 11.7. The second-order valence-electron chi connectivity index (χ2n) is 4.20. The van der Waals surface area contributed by atoms with E-state index in [9.17, 15) is 4.79 Å². The molecule has 1 aromatic heterocycles. The molecule has 0 spiro atoms. The highest BCUT2D eigenvalue weighted by molar-refractivity contribution is 14.1. The Bertz CT molecular complexity index is 664. The molecule has 0 saturated carbocycles. The van der Waals surface area contributed by atoms with Crippen LogP contribution in [0.25, 0.3) is 0 Å². The van der Waals surface area contributed by atoms with E-state index in [0.29, 0.717) is 30.3 Å². The van der Waals surface area contributed by atoms with Crippen LogP contribution in [0, 0.1) is 3.57 Å². The van der Waals surface area contributed by atoms with Crippen molar-refractivity contribution in [3.05, 3.63) is 39.6 Å². The molecule has 0 aliphatic carbocycles. The van der Waals surface area contributed by atoms with Crippen molar-refractivity contribution in [2.24, 2.45) is 0 Å². The van der Waals surface area contributed by atoms with Crippen molar-refractivity contribution in [2.75, 3.05) is 18.5 Å². The molecule has 0 saturated heterocycles. The number of hydrogen-bond acceptors (Lipinski definition) is 5. The van der Waals surface area contributed by atoms with Gasteiger partial charge in [-0.3, -0.25) is 4.79 Å². The third kappa shape index (κ3) is 4.30. The van der Waals surface area contributed by atoms with E-state index in [1.54, 1.807) is 12.1 Å². The summed E-state index contributed by atoms with van der Waals surface area (Å²) in [5.41, 5.74) is 0.970. The predicted octanol–water partition coefficient (Wildman–Crippen LogP) is 3.13. The Morgan fingerprint density at radius 1 is 1.27 bits per heavy atom. The zero-order chi connectivity index (χ0) is 15.9. The van der Waals surface area contributed by atoms with Crippen LogP contribution < -0.4 is 14.8 Å². The topological polar surface area (TPSA) is 73.3 Å². The molecule has 2 aromatic rings. The van der Waals surface area contributed by atoms with E-state index in [1.165, 1.54) is 6.20 Å². The molecule has 0 radical (unpaired) electrons. The number of amides is 1. The van der Waals surface area contributed by atoms with Gasteiger partial charge in [-0.15, -0.1) is 0 Å². The number of ether oxygens (including phenoxy) is 2. The highest BCUT2D eigenvalue weighted by Gasteiger charge is 2.13. The number of benzene rings is 1. The van der Waals surface area contributed by atoms with Crippen molar-refractivity contribution < 1.29 is 14.3 Å². The van der Waals surface area contributed by atoms with Gasteiger partial charge in [0.25, 0.3) is 5.91 Å². The molecule has 0 atom stereocenters. The van der Waals surface area contributed by atoms with Crippen molar-refractivity contribution in [3.8, 4) is 11.9 Å². The van der Waals surface area contributed by atoms with Gasteiger partial charge in [-0.05, 0) is 54.6 Å². The number of aromatic nitrogens is 2. The van der Waals surface area contributed by atoms with Crippen LogP contribution in [-0.4, -0.2) is 29.1 Å². The summed E-state index contributed by atoms with van der Waals surface area (Å²) in [6.45, 7) is 4.57. The smallest absolute Gasteiger partial charge is 0.319 e. The summed E-state index contributed by atoms with van der Waals surface area (Å²) in [4.78, 5) is 20.5. The lowest BCUT2D eigenvalue weighted by molar-refractivity contribution is 0.102. The first-order valence-electron chi connectivity index (χ1n) is 6.83. The van der Waals surface area contributed by atoms with Gasteiger partial charge in [0.1, 0.15) is 5.69 Å². The minimum absolute atomic E-state index is 0.221. The Hall–Kier alpha value is -1.90. The fourth-order valence-corrected chi connectivity index (χ4v) is 2.25. The standard InChI is InChI=1S/C15H16IN3O3/c1-3-21-14-12(9-17-15(19-14)22-4-2)18-13(20)10-6-5-7-11(16)8-10/h5-9H,3-4H2,1-2H3,(H,18,20). The first-order valence-corrected chi connectivity index (χ1v) is 7.91. The second-order valence-corrected chi connectivity index (χ2v) is 5.45. The fourth-order valence-electron chi connectivity index (χ4n) is 1.71. The van der Waals surface area contributed by atoms with Gasteiger partial charge in [-0.2, -0.15) is 4.98 Å². The van der Waals surface area contributed by atoms with Crippen molar-refractivity contribution in [1.82, 2.24) is 9.97 Å². The molecule has 1 aromatic carbocycles. The first kappa shape index (κ1) is 16.5. The maximum atomic E-state index is 12.3. The molecule has 22 heavy (non-hydrogen) atoms. The minimum Gasteiger partial charge on any atom is -0.476 e. The largest absolute Gasteiger partial charge is 0.476 e. The quantitative estimate of drug-likeness (QED) is 0.737. The van der Waals surface area contributed by atoms with Crippen LogP contribution in [0.4, 0.5) is 5.69 Å². The second kappa shape index (κ2) is 7.92. The number of hydrogen-bond donors (Lipinski definition) is 1. The molecule has 1 amide bonds. The van der Waals surface area contributed by atoms with Crippen LogP contribution >= 0.6 is 22.6 Å². The summed E-state index contributed by atoms with van der Waals surface area (Å²) in [6.07, 6.45) is 1.48. The lowest BCUT2D eigenvalue weighted by Crippen LogP contribution is -2.14. The highest BCUT2D eigenvalue weighted by atomic mass is 127. The molecule has 6 nitrogen and oxygen atoms in total. The molecule has 0 aliphatic heterocycles. The normalized spacial score (nSPS) is 10.1. The van der Waals surface area contributed by atoms with E-state index in [1.807, 2.05) is 26.0 Å². The Morgan fingerprint density at radius 3 is 2.73 bits per heavy atom. The number of rotatable bonds is 6. The Morgan fingerprint density at radius 2 is 2.05 bits per heavy atom. The van der Waals surface area contributed by atoms with Gasteiger partial charge < -0.3 is 14.8 Å². The van der Waals surface area contributed by atoms with E-state index in [0.717, 1.165) is 3.57 Å². The monoisotopic (exact) mass is 413 g/mol. The summed E-state index contributed by atoms with van der Waals surface area (Å²) in [5.74, 6) is 0.0483. The Balaban J connectivity index is 2.22. The molecule has 0 bridgehead atoms. The van der Waals surface area contributed by atoms with Crippen LogP contribution in [0.2, 0.25) is 0 Å². The number of nitrogens with one attached hydrogen (secondary N) is 1. The van der Waals surface area contributed by atoms with Gasteiger partial charge in [-0.25, -0.2) is 4.98 Å². The lowest BCUT2D eigenvalue weighted by atomic mass is 10.2. The van der Waals surface area contributed by atoms with E-state index in [4.69, 9.17) is 9.47 Å². The number of carbonyl (C=O) groups excluding carboxylic acids is 1. The molecular formula is C15H16IN3O3. The number of halogens is 1. The summed E-state index contributed by atoms with van der Waals surface area (Å²) in [7, 11) is 0. The SMILES string of the molecule is CCOc1ncc(NC(=O)c2cccc(I)c2)c(OCC)n1. The van der Waals surface area contributed by atoms with Crippen LogP contribution in [0.15, 0.2) is 30.5 Å². The Labute approximate surface area is 142 Å². The van der Waals surface area contributed by atoms with Gasteiger partial charge in [0.05, 0.1) is 19.4 Å². The third-order valence-electron chi connectivity index (χ3n) is 2.62. The van der Waals surface area contributed by atoms with Gasteiger partial charge in [0.15, 0.2) is 0 Å². The van der Waals surface area contributed by atoms with Crippen LogP contribution in [0.5, 0.6) is 11.9 Å². The van der Waals surface area contributed by atoms with Gasteiger partial charge >= 0.3 is 6.01 Å². The van der Waals surface area contributed by atoms with Crippen LogP contribution in [-0.2, 0) is 0 Å². The molecule has 2 rings (SSSR count). The lowest BCUT2D eigenvalue weighted by Gasteiger charge is -2.11. The number of nitrogens with zero attached hydrogens (tertiary/aromatic N) is 2. The van der Waals surface area contributed by atoms with E-state index in [-0.39, 0.29) is 11.9 Å². The molecule has 1 N–H and O–H groups in total. The zero-order valence-corrected chi connectivity index (χ0v) is 14.5. The van der Waals surface area contributed by atoms with Gasteiger partial charge in [-0.1, -0.05) is 6.07 Å². The highest BCUT2D eigenvalue weighted by Crippen LogP contribution is 2.24. The van der Waals surface area contributed by atoms with Crippen LogP contribution in [0.3, 0.4) is 0 Å². The summed E-state index contributed by atoms with van der Waals surface area (Å²) in [6, 6.07) is 7.51. The minimum atomic E-state index is -0.243. The van der Waals surface area contributed by atoms with Crippen molar-refractivity contribution in [3.63, 3.8) is 0 Å². The molecule has 0 aliphatic rings. The fraction of sp³-hybridized carbons (Fsp3) is 0.267. The molecule has 1 heterocycles. The maximum absolute atomic E-state index is 12.3. The van der Waals surface area contributed by atoms with Crippen LogP contribution in [0.1, 0.15) is 24.2 Å². The number of carbonyl (C=O) groups is 1. The zero-order valence-electron chi connectivity index (χ0n) is 12.3. The molecule has 7 heteroatoms. The van der Waals surface area contributed by atoms with E-state index < -0.39 is 0 Å². The van der Waals surface area contributed by atoms with Gasteiger partial charge in [0, 0.05) is 9.13 Å². The van der Waals surface area contributed by atoms with E-state index >= 15 is 0 Å². The summed E-state index contributed by atoms with van der Waals surface area (Å²) >= 11 is 2.16. The Kier molecular flexibility index (Phi) is 5.93. The maximum Gasteiger partial charge on any atom is 0.319 e. The third-order valence-corrected chi connectivity index (χ3v) is 3.29. The molecule has 116 valence electrons. The average Bonchev–Trinajstić information content (AvgIpc) is 2.50. The predicted molar refractivity (Wildman–Crippen MR) is 91.5 cm³/mol. The average molecular weight is 413 g/mol. The number of anilines is 1. The first-order chi connectivity index (χ1) is 10.6. The molecule has 0 unspecified atom stereocenters. The molecular weight excluding hydrogens is 397 g/mol. The molecule has 0 fully saturated rings. The van der Waals surface area contributed by atoms with Gasteiger partial charge in [0.2, 0.25) is 5.88 Å². The van der Waals surface area contributed by atoms with Crippen molar-refractivity contribution >= 4 is 34.2 Å². The van der Waals surface area contributed by atoms with Crippen molar-refractivity contribution in [1.29, 1.82) is 0 Å².